The standard InChI is InChI=1S/C24H23Cl2N5O2/c25-19-8-17(30-5-4-23-15(12-30)11-29-33-23)9-20(26)18(19)7-14-3-6-31(24(14)32)16-1-2-21-22(10-16)28-13-27-21/h4,8-9,11-14,16H,1-3,5-7,10H2,(H,27,28)/t14?,16-/m1/s1. The van der Waals surface area contributed by atoms with E-state index in [-0.39, 0.29) is 17.9 Å². The maximum absolute atomic E-state index is 13.3. The van der Waals surface area contributed by atoms with Gasteiger partial charge < -0.3 is 19.3 Å². The number of carbonyl (C=O) groups excluding carboxylic acids is 1. The number of hydrogen-bond acceptors (Lipinski definition) is 5. The van der Waals surface area contributed by atoms with Gasteiger partial charge in [-0.15, -0.1) is 0 Å². The number of nitrogens with one attached hydrogen (secondary N) is 1. The summed E-state index contributed by atoms with van der Waals surface area (Å²) in [7, 11) is 0. The second-order valence-corrected chi connectivity index (χ2v) is 9.78. The Morgan fingerprint density at radius 1 is 1.21 bits per heavy atom. The summed E-state index contributed by atoms with van der Waals surface area (Å²) in [5.74, 6) is 0.113. The number of aromatic amines is 1. The Morgan fingerprint density at radius 3 is 2.91 bits per heavy atom. The number of benzene rings is 1. The van der Waals surface area contributed by atoms with Crippen LogP contribution in [0.2, 0.25) is 10.0 Å². The van der Waals surface area contributed by atoms with Crippen molar-refractivity contribution >= 4 is 47.1 Å². The molecule has 1 aliphatic carbocycles. The Balaban J connectivity index is 1.18. The number of amides is 1. The number of nitrogens with zero attached hydrogens (tertiary/aromatic N) is 4. The summed E-state index contributed by atoms with van der Waals surface area (Å²) in [5, 5.41) is 5.93. The predicted octanol–water partition coefficient (Wildman–Crippen LogP) is 2.69. The number of anilines is 1. The second-order valence-electron chi connectivity index (χ2n) is 8.96. The summed E-state index contributed by atoms with van der Waals surface area (Å²) in [5.41, 5.74) is 4.81. The topological polar surface area (TPSA) is 78.3 Å². The number of imidazole rings is 1. The van der Waals surface area contributed by atoms with Crippen LogP contribution in [0.5, 0.6) is 0 Å². The first-order valence-corrected chi connectivity index (χ1v) is 12.0. The molecule has 2 aromatic heterocycles. The molecule has 7 nitrogen and oxygen atoms in total. The molecule has 2 aliphatic heterocycles. The molecule has 0 bridgehead atoms. The van der Waals surface area contributed by atoms with Crippen LogP contribution in [-0.2, 0) is 24.1 Å². The van der Waals surface area contributed by atoms with Gasteiger partial charge >= 0.3 is 0 Å². The maximum atomic E-state index is 13.3. The van der Waals surface area contributed by atoms with Crippen molar-refractivity contribution in [2.75, 3.05) is 18.0 Å². The molecule has 1 aromatic carbocycles. The van der Waals surface area contributed by atoms with Gasteiger partial charge in [-0.25, -0.2) is 4.98 Å². The van der Waals surface area contributed by atoms with E-state index < -0.39 is 0 Å². The zero-order chi connectivity index (χ0) is 22.5. The van der Waals surface area contributed by atoms with Gasteiger partial charge in [-0.3, -0.25) is 4.79 Å². The van der Waals surface area contributed by atoms with Gasteiger partial charge in [0.2, 0.25) is 5.91 Å². The summed E-state index contributed by atoms with van der Waals surface area (Å²) in [6.45, 7) is 1.42. The van der Waals surface area contributed by atoms with Crippen LogP contribution < -0.4 is 15.5 Å². The van der Waals surface area contributed by atoms with Gasteiger partial charge in [-0.05, 0) is 49.5 Å². The highest BCUT2D eigenvalue weighted by molar-refractivity contribution is 6.36. The summed E-state index contributed by atoms with van der Waals surface area (Å²) in [6.07, 6.45) is 11.5. The van der Waals surface area contributed by atoms with Gasteiger partial charge in [0, 0.05) is 59.1 Å². The fraction of sp³-hybridized carbons (Fsp3) is 0.375. The Morgan fingerprint density at radius 2 is 2.06 bits per heavy atom. The van der Waals surface area contributed by atoms with Gasteiger partial charge in [0.1, 0.15) is 0 Å². The first-order valence-electron chi connectivity index (χ1n) is 11.3. The Bertz CT molecular complexity index is 1320. The molecule has 1 fully saturated rings. The minimum atomic E-state index is -0.0940. The van der Waals surface area contributed by atoms with E-state index in [1.54, 1.807) is 12.5 Å². The molecule has 4 heterocycles. The molecule has 3 aliphatic rings. The van der Waals surface area contributed by atoms with E-state index in [9.17, 15) is 4.79 Å². The molecule has 0 saturated carbocycles. The average Bonchev–Trinajstić information content (AvgIpc) is 3.55. The van der Waals surface area contributed by atoms with Crippen molar-refractivity contribution in [3.8, 4) is 0 Å². The van der Waals surface area contributed by atoms with Crippen molar-refractivity contribution in [2.24, 2.45) is 5.92 Å². The van der Waals surface area contributed by atoms with Crippen LogP contribution in [0.1, 0.15) is 29.8 Å². The van der Waals surface area contributed by atoms with Crippen LogP contribution >= 0.6 is 23.2 Å². The molecule has 2 atom stereocenters. The molecule has 1 saturated heterocycles. The van der Waals surface area contributed by atoms with Crippen molar-refractivity contribution < 1.29 is 9.32 Å². The zero-order valence-electron chi connectivity index (χ0n) is 17.9. The highest BCUT2D eigenvalue weighted by Gasteiger charge is 2.38. The molecule has 9 heteroatoms. The molecular weight excluding hydrogens is 461 g/mol. The lowest BCUT2D eigenvalue weighted by Crippen LogP contribution is -2.41. The highest BCUT2D eigenvalue weighted by atomic mass is 35.5. The lowest BCUT2D eigenvalue weighted by molar-refractivity contribution is -0.133. The number of hydrogen-bond donors (Lipinski definition) is 1. The normalized spacial score (nSPS) is 22.1. The van der Waals surface area contributed by atoms with E-state index in [2.05, 4.69) is 24.9 Å². The third-order valence-corrected chi connectivity index (χ3v) is 7.73. The molecule has 33 heavy (non-hydrogen) atoms. The van der Waals surface area contributed by atoms with Gasteiger partial charge in [-0.1, -0.05) is 28.4 Å². The van der Waals surface area contributed by atoms with Crippen LogP contribution in [0.15, 0.2) is 29.2 Å². The van der Waals surface area contributed by atoms with E-state index in [1.807, 2.05) is 24.4 Å². The first kappa shape index (κ1) is 20.8. The maximum Gasteiger partial charge on any atom is 0.226 e. The summed E-state index contributed by atoms with van der Waals surface area (Å²) < 4.78 is 5.20. The molecule has 0 radical (unpaired) electrons. The summed E-state index contributed by atoms with van der Waals surface area (Å²) >= 11 is 13.4. The number of carbonyl (C=O) groups is 1. The fourth-order valence-electron chi connectivity index (χ4n) is 5.25. The number of H-pyrrole nitrogens is 1. The fourth-order valence-corrected chi connectivity index (χ4v) is 5.88. The minimum absolute atomic E-state index is 0.0940. The highest BCUT2D eigenvalue weighted by Crippen LogP contribution is 2.36. The van der Waals surface area contributed by atoms with E-state index in [4.69, 9.17) is 27.7 Å². The SMILES string of the molecule is O=C1C(Cc2c(Cl)cc(N3C=c4cnoc4=CC3)cc2Cl)CCN1[C@@H]1CCc2nc[nH]c2C1. The Hall–Kier alpha value is -2.77. The van der Waals surface area contributed by atoms with E-state index in [1.165, 1.54) is 0 Å². The Kier molecular flexibility index (Phi) is 5.18. The van der Waals surface area contributed by atoms with Crippen LogP contribution in [-0.4, -0.2) is 45.1 Å². The molecule has 1 N–H and O–H groups in total. The van der Waals surface area contributed by atoms with Crippen molar-refractivity contribution in [1.29, 1.82) is 0 Å². The second kappa shape index (κ2) is 8.22. The van der Waals surface area contributed by atoms with Crippen molar-refractivity contribution in [2.45, 2.75) is 38.1 Å². The Labute approximate surface area is 200 Å². The van der Waals surface area contributed by atoms with E-state index in [0.29, 0.717) is 23.0 Å². The quantitative estimate of drug-likeness (QED) is 0.617. The third-order valence-electron chi connectivity index (χ3n) is 7.06. The number of fused-ring (bicyclic) bond motifs is 2. The van der Waals surface area contributed by atoms with Gasteiger partial charge in [0.15, 0.2) is 5.42 Å². The average molecular weight is 484 g/mol. The monoisotopic (exact) mass is 483 g/mol. The lowest BCUT2D eigenvalue weighted by atomic mass is 9.94. The number of halogens is 2. The van der Waals surface area contributed by atoms with Gasteiger partial charge in [0.25, 0.3) is 0 Å². The van der Waals surface area contributed by atoms with Crippen molar-refractivity contribution in [3.63, 3.8) is 0 Å². The molecule has 1 amide bonds. The number of rotatable bonds is 4. The van der Waals surface area contributed by atoms with Crippen LogP contribution in [0, 0.1) is 5.92 Å². The number of likely N-dealkylation sites (tertiary alicyclic amines) is 1. The van der Waals surface area contributed by atoms with E-state index in [0.717, 1.165) is 65.5 Å². The third kappa shape index (κ3) is 3.73. The zero-order valence-corrected chi connectivity index (χ0v) is 19.4. The predicted molar refractivity (Wildman–Crippen MR) is 126 cm³/mol. The van der Waals surface area contributed by atoms with Crippen molar-refractivity contribution in [3.05, 3.63) is 62.3 Å². The molecule has 3 aromatic rings. The lowest BCUT2D eigenvalue weighted by Gasteiger charge is -2.31. The molecule has 1 unspecified atom stereocenters. The molecule has 170 valence electrons. The molecule has 0 spiro atoms. The van der Waals surface area contributed by atoms with Gasteiger partial charge in [0.05, 0.1) is 23.4 Å². The summed E-state index contributed by atoms with van der Waals surface area (Å²) in [4.78, 5) is 25.0. The number of aromatic nitrogens is 3. The summed E-state index contributed by atoms with van der Waals surface area (Å²) in [6, 6.07) is 4.07. The van der Waals surface area contributed by atoms with E-state index >= 15 is 0 Å². The van der Waals surface area contributed by atoms with Crippen LogP contribution in [0.3, 0.4) is 0 Å². The molecule has 6 rings (SSSR count). The van der Waals surface area contributed by atoms with Crippen LogP contribution in [0.25, 0.3) is 12.3 Å². The minimum Gasteiger partial charge on any atom is -0.357 e. The van der Waals surface area contributed by atoms with Crippen molar-refractivity contribution in [1.82, 2.24) is 20.0 Å². The smallest absolute Gasteiger partial charge is 0.226 e. The van der Waals surface area contributed by atoms with Gasteiger partial charge in [-0.2, -0.15) is 0 Å². The first-order chi connectivity index (χ1) is 16.1. The number of aryl methyl sites for hydroxylation is 1. The largest absolute Gasteiger partial charge is 0.357 e. The molecular formula is C24H23Cl2N5O2. The van der Waals surface area contributed by atoms with Crippen LogP contribution in [0.4, 0.5) is 5.69 Å².